The summed E-state index contributed by atoms with van der Waals surface area (Å²) in [5.41, 5.74) is -0.860. The van der Waals surface area contributed by atoms with Crippen molar-refractivity contribution in [1.82, 2.24) is 0 Å². The molecular formula is C24H12Cl2F3NO3. The molecule has 0 bridgehead atoms. The quantitative estimate of drug-likeness (QED) is 0.308. The lowest BCUT2D eigenvalue weighted by atomic mass is 9.98. The van der Waals surface area contributed by atoms with Gasteiger partial charge in [0.05, 0.1) is 22.6 Å². The SMILES string of the molecule is O=C1c2oc3ccc(Cl)cc3c(=O)c2C(c2cccc(Cl)c2)N1c1cccc(C(F)(F)F)c1. The van der Waals surface area contributed by atoms with E-state index < -0.39 is 29.1 Å². The highest BCUT2D eigenvalue weighted by Crippen LogP contribution is 2.43. The number of halogens is 5. The summed E-state index contributed by atoms with van der Waals surface area (Å²) in [5, 5.41) is 0.797. The summed E-state index contributed by atoms with van der Waals surface area (Å²) in [6.45, 7) is 0. The van der Waals surface area contributed by atoms with Gasteiger partial charge in [-0.1, -0.05) is 41.4 Å². The molecule has 2 heterocycles. The van der Waals surface area contributed by atoms with Crippen LogP contribution in [-0.2, 0) is 6.18 Å². The summed E-state index contributed by atoms with van der Waals surface area (Å²) in [5.74, 6) is -0.972. The lowest BCUT2D eigenvalue weighted by molar-refractivity contribution is -0.137. The van der Waals surface area contributed by atoms with Gasteiger partial charge in [-0.25, -0.2) is 0 Å². The Morgan fingerprint density at radius 1 is 0.879 bits per heavy atom. The molecule has 0 spiro atoms. The molecule has 3 aromatic carbocycles. The number of benzene rings is 3. The van der Waals surface area contributed by atoms with Crippen LogP contribution in [0.15, 0.2) is 75.9 Å². The van der Waals surface area contributed by atoms with Gasteiger partial charge in [-0.05, 0) is 54.1 Å². The van der Waals surface area contributed by atoms with Crippen molar-refractivity contribution < 1.29 is 22.4 Å². The van der Waals surface area contributed by atoms with Crippen LogP contribution < -0.4 is 10.3 Å². The number of rotatable bonds is 2. The van der Waals surface area contributed by atoms with Crippen molar-refractivity contribution >= 4 is 45.8 Å². The van der Waals surface area contributed by atoms with E-state index in [2.05, 4.69) is 0 Å². The van der Waals surface area contributed by atoms with E-state index in [0.29, 0.717) is 15.6 Å². The predicted octanol–water partition coefficient (Wildman–Crippen LogP) is 6.87. The number of fused-ring (bicyclic) bond motifs is 2. The Labute approximate surface area is 194 Å². The molecule has 1 aliphatic heterocycles. The van der Waals surface area contributed by atoms with Gasteiger partial charge in [0.2, 0.25) is 5.76 Å². The first-order valence-corrected chi connectivity index (χ1v) is 10.4. The average molecular weight is 490 g/mol. The molecule has 1 unspecified atom stereocenters. The highest BCUT2D eigenvalue weighted by Gasteiger charge is 2.44. The van der Waals surface area contributed by atoms with Crippen LogP contribution in [0, 0.1) is 0 Å². The lowest BCUT2D eigenvalue weighted by Gasteiger charge is -2.26. The van der Waals surface area contributed by atoms with Crippen LogP contribution in [0.1, 0.15) is 33.3 Å². The van der Waals surface area contributed by atoms with Gasteiger partial charge in [-0.3, -0.25) is 14.5 Å². The zero-order chi connectivity index (χ0) is 23.5. The molecule has 0 fully saturated rings. The number of nitrogens with zero attached hydrogens (tertiary/aromatic N) is 1. The fraction of sp³-hybridized carbons (Fsp3) is 0.0833. The van der Waals surface area contributed by atoms with Gasteiger partial charge in [0.15, 0.2) is 5.43 Å². The van der Waals surface area contributed by atoms with Crippen molar-refractivity contribution in [2.45, 2.75) is 12.2 Å². The maximum absolute atomic E-state index is 13.5. The third-order valence-electron chi connectivity index (χ3n) is 5.45. The van der Waals surface area contributed by atoms with E-state index in [-0.39, 0.29) is 28.0 Å². The van der Waals surface area contributed by atoms with Crippen molar-refractivity contribution in [3.8, 4) is 0 Å². The van der Waals surface area contributed by atoms with E-state index in [0.717, 1.165) is 17.0 Å². The van der Waals surface area contributed by atoms with E-state index >= 15 is 0 Å². The zero-order valence-corrected chi connectivity index (χ0v) is 18.0. The molecule has 9 heteroatoms. The molecule has 0 radical (unpaired) electrons. The molecular weight excluding hydrogens is 478 g/mol. The first kappa shape index (κ1) is 21.6. The number of carbonyl (C=O) groups is 1. The standard InChI is InChI=1S/C24H12Cl2F3NO3/c25-14-5-1-3-12(9-14)20-19-21(31)17-11-15(26)7-8-18(17)33-22(19)23(32)30(20)16-6-2-4-13(10-16)24(27,28)29/h1-11,20H. The second-order valence-corrected chi connectivity index (χ2v) is 8.37. The monoisotopic (exact) mass is 489 g/mol. The summed E-state index contributed by atoms with van der Waals surface area (Å²) >= 11 is 12.2. The highest BCUT2D eigenvalue weighted by molar-refractivity contribution is 6.31. The lowest BCUT2D eigenvalue weighted by Crippen LogP contribution is -2.29. The smallest absolute Gasteiger partial charge is 0.416 e. The molecule has 4 nitrogen and oxygen atoms in total. The van der Waals surface area contributed by atoms with E-state index in [9.17, 15) is 22.8 Å². The second kappa shape index (κ2) is 7.64. The summed E-state index contributed by atoms with van der Waals surface area (Å²) in [4.78, 5) is 28.0. The van der Waals surface area contributed by atoms with Crippen molar-refractivity contribution in [2.75, 3.05) is 4.90 Å². The topological polar surface area (TPSA) is 50.5 Å². The second-order valence-electron chi connectivity index (χ2n) is 7.50. The van der Waals surface area contributed by atoms with Crippen LogP contribution in [0.4, 0.5) is 18.9 Å². The number of anilines is 1. The Bertz CT molecular complexity index is 1500. The minimum atomic E-state index is -4.61. The van der Waals surface area contributed by atoms with Gasteiger partial charge in [-0.15, -0.1) is 0 Å². The van der Waals surface area contributed by atoms with Crippen LogP contribution in [0.2, 0.25) is 10.0 Å². The van der Waals surface area contributed by atoms with E-state index in [1.165, 1.54) is 30.3 Å². The summed E-state index contributed by atoms with van der Waals surface area (Å²) < 4.78 is 45.9. The Balaban J connectivity index is 1.81. The van der Waals surface area contributed by atoms with Crippen LogP contribution in [0.5, 0.6) is 0 Å². The van der Waals surface area contributed by atoms with Crippen molar-refractivity contribution in [1.29, 1.82) is 0 Å². The number of alkyl halides is 3. The molecule has 1 aliphatic rings. The third-order valence-corrected chi connectivity index (χ3v) is 5.92. The maximum Gasteiger partial charge on any atom is 0.416 e. The van der Waals surface area contributed by atoms with Crippen molar-refractivity contribution in [3.05, 3.63) is 109 Å². The normalized spacial score (nSPS) is 15.8. The predicted molar refractivity (Wildman–Crippen MR) is 119 cm³/mol. The van der Waals surface area contributed by atoms with Gasteiger partial charge in [-0.2, -0.15) is 13.2 Å². The molecule has 5 rings (SSSR count). The van der Waals surface area contributed by atoms with E-state index in [1.807, 2.05) is 0 Å². The first-order valence-electron chi connectivity index (χ1n) is 9.67. The molecule has 1 atom stereocenters. The molecule has 1 aromatic heterocycles. The number of hydrogen-bond acceptors (Lipinski definition) is 3. The van der Waals surface area contributed by atoms with Crippen LogP contribution in [0.25, 0.3) is 11.0 Å². The van der Waals surface area contributed by atoms with E-state index in [4.69, 9.17) is 27.6 Å². The Morgan fingerprint density at radius 3 is 2.33 bits per heavy atom. The minimum absolute atomic E-state index is 0.00875. The third kappa shape index (κ3) is 3.57. The molecule has 0 saturated heterocycles. The number of carbonyl (C=O) groups excluding carboxylic acids is 1. The summed E-state index contributed by atoms with van der Waals surface area (Å²) in [6.07, 6.45) is -4.61. The molecule has 0 N–H and O–H groups in total. The molecule has 1 amide bonds. The van der Waals surface area contributed by atoms with Crippen LogP contribution >= 0.6 is 23.2 Å². The average Bonchev–Trinajstić information content (AvgIpc) is 3.06. The van der Waals surface area contributed by atoms with E-state index in [1.54, 1.807) is 24.3 Å². The first-order chi connectivity index (χ1) is 15.6. The fourth-order valence-electron chi connectivity index (χ4n) is 4.04. The Kier molecular flexibility index (Phi) is 4.99. The van der Waals surface area contributed by atoms with Gasteiger partial charge in [0, 0.05) is 15.7 Å². The van der Waals surface area contributed by atoms with Gasteiger partial charge >= 0.3 is 6.18 Å². The molecule has 166 valence electrons. The number of hydrogen-bond donors (Lipinski definition) is 0. The largest absolute Gasteiger partial charge is 0.450 e. The Morgan fingerprint density at radius 2 is 1.61 bits per heavy atom. The molecule has 0 aliphatic carbocycles. The van der Waals surface area contributed by atoms with Crippen molar-refractivity contribution in [2.24, 2.45) is 0 Å². The maximum atomic E-state index is 13.5. The van der Waals surface area contributed by atoms with Crippen LogP contribution in [0.3, 0.4) is 0 Å². The molecule has 0 saturated carbocycles. The highest BCUT2D eigenvalue weighted by atomic mass is 35.5. The summed E-state index contributed by atoms with van der Waals surface area (Å²) in [7, 11) is 0. The van der Waals surface area contributed by atoms with Gasteiger partial charge < -0.3 is 4.42 Å². The van der Waals surface area contributed by atoms with Gasteiger partial charge in [0.1, 0.15) is 5.58 Å². The number of amides is 1. The van der Waals surface area contributed by atoms with Crippen molar-refractivity contribution in [3.63, 3.8) is 0 Å². The minimum Gasteiger partial charge on any atom is -0.450 e. The zero-order valence-electron chi connectivity index (χ0n) is 16.5. The van der Waals surface area contributed by atoms with Crippen LogP contribution in [-0.4, -0.2) is 5.91 Å². The Hall–Kier alpha value is -3.29. The summed E-state index contributed by atoms with van der Waals surface area (Å²) in [6, 6.07) is 14.1. The fourth-order valence-corrected chi connectivity index (χ4v) is 4.41. The molecule has 33 heavy (non-hydrogen) atoms. The van der Waals surface area contributed by atoms with Gasteiger partial charge in [0.25, 0.3) is 5.91 Å². The molecule has 4 aromatic rings.